The first kappa shape index (κ1) is 26.8. The third-order valence-corrected chi connectivity index (χ3v) is 8.75. The number of piperidine rings is 1. The van der Waals surface area contributed by atoms with Gasteiger partial charge in [0.2, 0.25) is 5.91 Å². The Morgan fingerprint density at radius 2 is 1.89 bits per heavy atom. The summed E-state index contributed by atoms with van der Waals surface area (Å²) < 4.78 is 13.5. The second-order valence-corrected chi connectivity index (χ2v) is 11.3. The standard InChI is InChI=1S/C28H35ClFN5O3/c29-21-17-19(30)6-7-22(21)35-16-12-28(27(35)38)10-8-20(9-11-28)33-26(37)25-24(31-18-32-25)23(36)5-4-15-34-13-2-1-3-14-34/h6-7,17-18,20H,1-5,8-16H2,(H,31,32)(H,33,37). The van der Waals surface area contributed by atoms with Gasteiger partial charge in [0, 0.05) is 19.0 Å². The normalized spacial score (nSPS) is 24.2. The van der Waals surface area contributed by atoms with Crippen LogP contribution in [0.15, 0.2) is 24.5 Å². The van der Waals surface area contributed by atoms with E-state index in [1.165, 1.54) is 37.7 Å². The van der Waals surface area contributed by atoms with Gasteiger partial charge in [-0.25, -0.2) is 9.37 Å². The van der Waals surface area contributed by atoms with E-state index in [0.717, 1.165) is 26.1 Å². The van der Waals surface area contributed by atoms with Gasteiger partial charge >= 0.3 is 0 Å². The molecular weight excluding hydrogens is 509 g/mol. The fourth-order valence-electron chi connectivity index (χ4n) is 6.23. The molecule has 5 rings (SSSR count). The van der Waals surface area contributed by atoms with Gasteiger partial charge in [-0.3, -0.25) is 14.4 Å². The number of halogens is 2. The zero-order valence-electron chi connectivity index (χ0n) is 21.6. The van der Waals surface area contributed by atoms with Crippen molar-refractivity contribution in [3.05, 3.63) is 46.8 Å². The Bertz CT molecular complexity index is 1190. The Morgan fingerprint density at radius 3 is 2.63 bits per heavy atom. The van der Waals surface area contributed by atoms with Crippen LogP contribution in [0.3, 0.4) is 0 Å². The van der Waals surface area contributed by atoms with Gasteiger partial charge in [0.15, 0.2) is 5.78 Å². The van der Waals surface area contributed by atoms with Crippen molar-refractivity contribution >= 4 is 34.9 Å². The van der Waals surface area contributed by atoms with Crippen LogP contribution in [0.2, 0.25) is 5.02 Å². The van der Waals surface area contributed by atoms with Crippen LogP contribution in [0, 0.1) is 11.2 Å². The topological polar surface area (TPSA) is 98.4 Å². The first-order valence-corrected chi connectivity index (χ1v) is 14.1. The molecule has 2 N–H and O–H groups in total. The Labute approximate surface area is 227 Å². The number of aromatic nitrogens is 2. The van der Waals surface area contributed by atoms with E-state index in [2.05, 4.69) is 20.2 Å². The highest BCUT2D eigenvalue weighted by Gasteiger charge is 2.49. The van der Waals surface area contributed by atoms with Gasteiger partial charge in [-0.05, 0) is 89.2 Å². The van der Waals surface area contributed by atoms with Gasteiger partial charge in [-0.2, -0.15) is 0 Å². The molecule has 0 radical (unpaired) electrons. The third kappa shape index (κ3) is 5.64. The van der Waals surface area contributed by atoms with Crippen molar-refractivity contribution in [1.29, 1.82) is 0 Å². The van der Waals surface area contributed by atoms with Crippen molar-refractivity contribution < 1.29 is 18.8 Å². The first-order valence-electron chi connectivity index (χ1n) is 13.7. The Kier molecular flexibility index (Phi) is 8.14. The third-order valence-electron chi connectivity index (χ3n) is 8.45. The summed E-state index contributed by atoms with van der Waals surface area (Å²) >= 11 is 6.21. The maximum absolute atomic E-state index is 13.5. The molecule has 0 atom stereocenters. The molecule has 1 aliphatic carbocycles. The van der Waals surface area contributed by atoms with Crippen LogP contribution in [0.5, 0.6) is 0 Å². The van der Waals surface area contributed by atoms with Gasteiger partial charge in [-0.1, -0.05) is 18.0 Å². The van der Waals surface area contributed by atoms with E-state index in [1.54, 1.807) is 11.0 Å². The number of carbonyl (C=O) groups excluding carboxylic acids is 3. The second kappa shape index (κ2) is 11.5. The molecule has 2 saturated heterocycles. The number of anilines is 1. The number of carbonyl (C=O) groups is 3. The van der Waals surface area contributed by atoms with E-state index in [4.69, 9.17) is 11.6 Å². The maximum Gasteiger partial charge on any atom is 0.270 e. The monoisotopic (exact) mass is 543 g/mol. The molecule has 10 heteroatoms. The number of H-pyrrole nitrogens is 1. The zero-order chi connectivity index (χ0) is 26.7. The predicted molar refractivity (Wildman–Crippen MR) is 143 cm³/mol. The van der Waals surface area contributed by atoms with Gasteiger partial charge < -0.3 is 20.1 Å². The molecule has 38 heavy (non-hydrogen) atoms. The lowest BCUT2D eigenvalue weighted by atomic mass is 9.71. The van der Waals surface area contributed by atoms with Crippen molar-refractivity contribution in [3.8, 4) is 0 Å². The van der Waals surface area contributed by atoms with Gasteiger partial charge in [0.1, 0.15) is 17.2 Å². The van der Waals surface area contributed by atoms with Gasteiger partial charge in [0.25, 0.3) is 5.91 Å². The lowest BCUT2D eigenvalue weighted by molar-refractivity contribution is -0.127. The molecule has 1 saturated carbocycles. The van der Waals surface area contributed by atoms with Crippen LogP contribution in [0.1, 0.15) is 85.2 Å². The minimum Gasteiger partial charge on any atom is -0.348 e. The van der Waals surface area contributed by atoms with Crippen LogP contribution in [-0.2, 0) is 4.79 Å². The lowest BCUT2D eigenvalue weighted by Crippen LogP contribution is -2.44. The van der Waals surface area contributed by atoms with Crippen LogP contribution >= 0.6 is 11.6 Å². The molecule has 0 bridgehead atoms. The number of rotatable bonds is 8. The molecule has 2 amide bonds. The number of aromatic amines is 1. The highest BCUT2D eigenvalue weighted by Crippen LogP contribution is 2.47. The van der Waals surface area contributed by atoms with E-state index in [-0.39, 0.29) is 40.0 Å². The van der Waals surface area contributed by atoms with Crippen molar-refractivity contribution in [1.82, 2.24) is 20.2 Å². The van der Waals surface area contributed by atoms with Gasteiger partial charge in [0.05, 0.1) is 22.5 Å². The number of ketones is 1. The largest absolute Gasteiger partial charge is 0.348 e. The molecule has 3 fully saturated rings. The number of hydrogen-bond acceptors (Lipinski definition) is 5. The molecule has 1 aromatic carbocycles. The molecule has 1 aromatic heterocycles. The van der Waals surface area contributed by atoms with E-state index < -0.39 is 11.2 Å². The molecular formula is C28H35ClFN5O3. The van der Waals surface area contributed by atoms with Crippen LogP contribution < -0.4 is 10.2 Å². The SMILES string of the molecule is O=C(CCCN1CCCCC1)c1nc[nH]c1C(=O)NC1CCC2(CC1)CCN(c1ccc(F)cc1Cl)C2=O. The number of likely N-dealkylation sites (tertiary alicyclic amines) is 1. The predicted octanol–water partition coefficient (Wildman–Crippen LogP) is 4.75. The number of benzene rings is 1. The van der Waals surface area contributed by atoms with E-state index in [1.807, 2.05) is 0 Å². The summed E-state index contributed by atoms with van der Waals surface area (Å²) in [5, 5.41) is 3.27. The highest BCUT2D eigenvalue weighted by molar-refractivity contribution is 6.34. The van der Waals surface area contributed by atoms with Crippen LogP contribution in [0.25, 0.3) is 0 Å². The Balaban J connectivity index is 1.13. The van der Waals surface area contributed by atoms with Crippen LogP contribution in [0.4, 0.5) is 10.1 Å². The summed E-state index contributed by atoms with van der Waals surface area (Å²) in [7, 11) is 0. The average Bonchev–Trinajstić information content (AvgIpc) is 3.52. The molecule has 3 heterocycles. The molecule has 1 spiro atoms. The van der Waals surface area contributed by atoms with E-state index in [0.29, 0.717) is 50.8 Å². The molecule has 204 valence electrons. The molecule has 8 nitrogen and oxygen atoms in total. The minimum atomic E-state index is -0.484. The number of amides is 2. The maximum atomic E-state index is 13.5. The van der Waals surface area contributed by atoms with Crippen molar-refractivity contribution in [2.75, 3.05) is 31.1 Å². The summed E-state index contributed by atoms with van der Waals surface area (Å²) in [6.45, 7) is 3.62. The molecule has 3 aliphatic rings. The summed E-state index contributed by atoms with van der Waals surface area (Å²) in [6.07, 6.45) is 9.56. The molecule has 0 unspecified atom stereocenters. The van der Waals surface area contributed by atoms with Crippen molar-refractivity contribution in [2.45, 2.75) is 70.3 Å². The zero-order valence-corrected chi connectivity index (χ0v) is 22.4. The lowest BCUT2D eigenvalue weighted by Gasteiger charge is -2.36. The fourth-order valence-corrected chi connectivity index (χ4v) is 6.50. The summed E-state index contributed by atoms with van der Waals surface area (Å²) in [6, 6.07) is 4.01. The number of hydrogen-bond donors (Lipinski definition) is 2. The Hall–Kier alpha value is -2.78. The second-order valence-electron chi connectivity index (χ2n) is 10.9. The first-order chi connectivity index (χ1) is 18.4. The average molecular weight is 544 g/mol. The molecule has 2 aliphatic heterocycles. The minimum absolute atomic E-state index is 0.0155. The van der Waals surface area contributed by atoms with Gasteiger partial charge in [-0.15, -0.1) is 0 Å². The number of nitrogens with zero attached hydrogens (tertiary/aromatic N) is 3. The Morgan fingerprint density at radius 1 is 1.13 bits per heavy atom. The van der Waals surface area contributed by atoms with Crippen LogP contribution in [-0.4, -0.2) is 64.7 Å². The summed E-state index contributed by atoms with van der Waals surface area (Å²) in [4.78, 5) is 50.3. The highest BCUT2D eigenvalue weighted by atomic mass is 35.5. The molecule has 2 aromatic rings. The number of nitrogens with one attached hydrogen (secondary N) is 2. The van der Waals surface area contributed by atoms with E-state index in [9.17, 15) is 18.8 Å². The summed E-state index contributed by atoms with van der Waals surface area (Å²) in [5.74, 6) is -0.870. The van der Waals surface area contributed by atoms with Crippen molar-refractivity contribution in [2.24, 2.45) is 5.41 Å². The summed E-state index contributed by atoms with van der Waals surface area (Å²) in [5.41, 5.74) is 0.467. The number of Topliss-reactive ketones (excluding diaryl/α,β-unsaturated/α-hetero) is 1. The quantitative estimate of drug-likeness (QED) is 0.468. The smallest absolute Gasteiger partial charge is 0.270 e. The van der Waals surface area contributed by atoms with E-state index >= 15 is 0 Å². The van der Waals surface area contributed by atoms with Crippen molar-refractivity contribution in [3.63, 3.8) is 0 Å². The fraction of sp³-hybridized carbons (Fsp3) is 0.571. The number of imidazole rings is 1.